The number of carboxylic acid groups (broad SMARTS) is 2. The fourth-order valence-corrected chi connectivity index (χ4v) is 7.77. The molecule has 0 aliphatic carbocycles. The molecule has 4 aromatic rings. The molecule has 3 atom stereocenters. The van der Waals surface area contributed by atoms with E-state index >= 15 is 4.79 Å². The number of carboxylic acids is 2. The highest BCUT2D eigenvalue weighted by atomic mass is 32.2. The van der Waals surface area contributed by atoms with Gasteiger partial charge in [0.2, 0.25) is 11.8 Å². The number of halogens is 3. The number of ether oxygens (including phenoxy) is 2. The molecule has 15 nitrogen and oxygen atoms in total. The monoisotopic (exact) mass is 845 g/mol. The molecule has 0 saturated carbocycles. The average molecular weight is 846 g/mol. The van der Waals surface area contributed by atoms with Crippen LogP contribution in [0.3, 0.4) is 0 Å². The fourth-order valence-electron chi connectivity index (χ4n) is 6.49. The minimum atomic E-state index is -5.08. The molecule has 1 aromatic heterocycles. The van der Waals surface area contributed by atoms with E-state index in [1.807, 2.05) is 26.8 Å². The van der Waals surface area contributed by atoms with E-state index in [1.165, 1.54) is 43.9 Å². The summed E-state index contributed by atoms with van der Waals surface area (Å²) in [7, 11) is -3.97. The van der Waals surface area contributed by atoms with Crippen LogP contribution in [0.5, 0.6) is 11.5 Å². The number of nitrogen functional groups attached to an aromatic ring is 1. The first-order chi connectivity index (χ1) is 27.6. The summed E-state index contributed by atoms with van der Waals surface area (Å²) in [6, 6.07) is 14.4. The number of sulfone groups is 1. The first-order valence-corrected chi connectivity index (χ1v) is 19.9. The van der Waals surface area contributed by atoms with Crippen LogP contribution < -0.4 is 25.8 Å². The number of anilines is 3. The molecule has 2 heterocycles. The second kappa shape index (κ2) is 18.6. The Labute approximate surface area is 338 Å². The van der Waals surface area contributed by atoms with E-state index in [0.717, 1.165) is 10.8 Å². The average Bonchev–Trinajstić information content (AvgIpc) is 3.60. The van der Waals surface area contributed by atoms with Crippen molar-refractivity contribution in [3.05, 3.63) is 78.0 Å². The first-order valence-electron chi connectivity index (χ1n) is 18.4. The van der Waals surface area contributed by atoms with E-state index in [1.54, 1.807) is 42.6 Å². The van der Waals surface area contributed by atoms with Crippen molar-refractivity contribution in [3.8, 4) is 11.5 Å². The fraction of sp³-hybridized carbons (Fsp3) is 0.375. The molecule has 59 heavy (non-hydrogen) atoms. The Balaban J connectivity index is 0.00000101. The number of rotatable bonds is 13. The third-order valence-corrected chi connectivity index (χ3v) is 11.4. The van der Waals surface area contributed by atoms with Crippen LogP contribution in [0.2, 0.25) is 0 Å². The van der Waals surface area contributed by atoms with Crippen molar-refractivity contribution in [2.45, 2.75) is 82.5 Å². The van der Waals surface area contributed by atoms with Crippen molar-refractivity contribution in [2.24, 2.45) is 5.92 Å². The standard InChI is InChI=1S/C38H45N5O8S.C2HF3O2/c1-7-50-32-19-25(8-12-31(32)51-21(2)3)34(42-26-9-11-28-24(18-26)14-16-40-36(28)39)37(45)43-17-15-29(38(46)47)35(43)30-20-27(41-23(6)44)10-13-33(30)52(48,49)22(4)5;3-2(4,5)1(6)7/h8-14,16,18-22,29,34-35,42H,7,15,17H2,1-6H3,(H2,39,40)(H,41,44)(H,46,47);(H,6,7)/t29-,34?,35-;/m0./s1. The maximum absolute atomic E-state index is 15.1. The highest BCUT2D eigenvalue weighted by molar-refractivity contribution is 7.92. The molecule has 0 spiro atoms. The molecule has 6 N–H and O–H groups in total. The Morgan fingerprint density at radius 1 is 0.966 bits per heavy atom. The molecular weight excluding hydrogens is 800 g/mol. The maximum Gasteiger partial charge on any atom is 0.490 e. The minimum Gasteiger partial charge on any atom is -0.490 e. The van der Waals surface area contributed by atoms with Crippen molar-refractivity contribution in [2.75, 3.05) is 29.5 Å². The number of hydrogen-bond acceptors (Lipinski definition) is 11. The van der Waals surface area contributed by atoms with Gasteiger partial charge in [0.25, 0.3) is 0 Å². The molecule has 0 bridgehead atoms. The highest BCUT2D eigenvalue weighted by Gasteiger charge is 2.46. The second-order valence-electron chi connectivity index (χ2n) is 14.1. The summed E-state index contributed by atoms with van der Waals surface area (Å²) >= 11 is 0. The number of nitrogens with one attached hydrogen (secondary N) is 2. The molecule has 1 aliphatic heterocycles. The summed E-state index contributed by atoms with van der Waals surface area (Å²) in [6.45, 7) is 10.3. The van der Waals surface area contributed by atoms with E-state index in [0.29, 0.717) is 35.2 Å². The van der Waals surface area contributed by atoms with Crippen molar-refractivity contribution >= 4 is 61.6 Å². The summed E-state index contributed by atoms with van der Waals surface area (Å²) < 4.78 is 71.1. The number of aliphatic carboxylic acids is 2. The van der Waals surface area contributed by atoms with Gasteiger partial charge in [-0.2, -0.15) is 13.2 Å². The summed E-state index contributed by atoms with van der Waals surface area (Å²) in [5.41, 5.74) is 7.55. The topological polar surface area (TPSA) is 228 Å². The van der Waals surface area contributed by atoms with Gasteiger partial charge in [-0.25, -0.2) is 18.2 Å². The molecule has 318 valence electrons. The number of pyridine rings is 1. The van der Waals surface area contributed by atoms with Gasteiger partial charge in [-0.15, -0.1) is 0 Å². The van der Waals surface area contributed by atoms with Crippen molar-refractivity contribution in [1.82, 2.24) is 9.88 Å². The van der Waals surface area contributed by atoms with Gasteiger partial charge in [0.15, 0.2) is 21.3 Å². The van der Waals surface area contributed by atoms with Gasteiger partial charge in [0.05, 0.1) is 34.8 Å². The van der Waals surface area contributed by atoms with Crippen molar-refractivity contribution < 1.29 is 60.5 Å². The molecule has 0 radical (unpaired) electrons. The van der Waals surface area contributed by atoms with E-state index in [-0.39, 0.29) is 35.2 Å². The number of hydrogen-bond donors (Lipinski definition) is 5. The number of nitrogens with zero attached hydrogens (tertiary/aromatic N) is 2. The Bertz CT molecular complexity index is 2320. The number of carbonyl (C=O) groups excluding carboxylic acids is 2. The molecule has 2 amide bonds. The van der Waals surface area contributed by atoms with Crippen LogP contribution in [0.1, 0.15) is 71.2 Å². The largest absolute Gasteiger partial charge is 0.490 e. The lowest BCUT2D eigenvalue weighted by molar-refractivity contribution is -0.192. The number of aromatic nitrogens is 1. The summed E-state index contributed by atoms with van der Waals surface area (Å²) in [4.78, 5) is 54.3. The van der Waals surface area contributed by atoms with Gasteiger partial charge in [-0.3, -0.25) is 14.4 Å². The van der Waals surface area contributed by atoms with E-state index in [2.05, 4.69) is 15.6 Å². The summed E-state index contributed by atoms with van der Waals surface area (Å²) in [5, 5.41) is 24.3. The molecule has 19 heteroatoms. The lowest BCUT2D eigenvalue weighted by Crippen LogP contribution is -2.40. The molecule has 1 unspecified atom stereocenters. The number of benzene rings is 3. The summed E-state index contributed by atoms with van der Waals surface area (Å²) in [6.07, 6.45) is -3.58. The van der Waals surface area contributed by atoms with Crippen LogP contribution in [0, 0.1) is 5.92 Å². The van der Waals surface area contributed by atoms with Crippen LogP contribution in [0.4, 0.5) is 30.4 Å². The van der Waals surface area contributed by atoms with Gasteiger partial charge in [-0.1, -0.05) is 6.07 Å². The zero-order valence-electron chi connectivity index (χ0n) is 33.0. The smallest absolute Gasteiger partial charge is 0.490 e. The lowest BCUT2D eigenvalue weighted by Gasteiger charge is -2.33. The van der Waals surface area contributed by atoms with Crippen molar-refractivity contribution in [1.29, 1.82) is 0 Å². The van der Waals surface area contributed by atoms with Gasteiger partial charge in [0.1, 0.15) is 11.9 Å². The Kier molecular flexibility index (Phi) is 14.4. The number of alkyl halides is 3. The third-order valence-electron chi connectivity index (χ3n) is 9.13. The van der Waals surface area contributed by atoms with E-state index in [4.69, 9.17) is 25.1 Å². The second-order valence-corrected chi connectivity index (χ2v) is 16.5. The number of likely N-dealkylation sites (tertiary alicyclic amines) is 1. The van der Waals surface area contributed by atoms with Crippen molar-refractivity contribution in [3.63, 3.8) is 0 Å². The van der Waals surface area contributed by atoms with Crippen LogP contribution in [-0.4, -0.2) is 82.9 Å². The van der Waals surface area contributed by atoms with Crippen LogP contribution in [0.15, 0.2) is 71.8 Å². The normalized spacial score (nSPS) is 15.9. The van der Waals surface area contributed by atoms with Gasteiger partial charge in [0, 0.05) is 36.4 Å². The number of fused-ring (bicyclic) bond motifs is 1. The Morgan fingerprint density at radius 2 is 1.63 bits per heavy atom. The Morgan fingerprint density at radius 3 is 2.20 bits per heavy atom. The first kappa shape index (κ1) is 45.6. The van der Waals surface area contributed by atoms with E-state index < -0.39 is 63.0 Å². The molecule has 5 rings (SSSR count). The van der Waals surface area contributed by atoms with Crippen LogP contribution in [0.25, 0.3) is 10.8 Å². The molecule has 3 aromatic carbocycles. The number of carbonyl (C=O) groups is 4. The number of nitrogens with two attached hydrogens (primary N) is 1. The van der Waals surface area contributed by atoms with Crippen LogP contribution >= 0.6 is 0 Å². The maximum atomic E-state index is 15.1. The highest BCUT2D eigenvalue weighted by Crippen LogP contribution is 2.44. The van der Waals surface area contributed by atoms with Crippen LogP contribution in [-0.2, 0) is 29.0 Å². The van der Waals surface area contributed by atoms with E-state index in [9.17, 15) is 36.3 Å². The van der Waals surface area contributed by atoms with Gasteiger partial charge in [-0.05, 0) is 112 Å². The minimum absolute atomic E-state index is 0.0248. The Hall–Kier alpha value is -6.11. The third kappa shape index (κ3) is 10.9. The predicted octanol–water partition coefficient (Wildman–Crippen LogP) is 6.60. The molecular formula is C40H46F3N5O10S. The lowest BCUT2D eigenvalue weighted by atomic mass is 9.92. The summed E-state index contributed by atoms with van der Waals surface area (Å²) in [5.74, 6) is -4.72. The SMILES string of the molecule is CCOc1cc(C(Nc2ccc3c(N)nccc3c2)C(=O)N2CC[C@H](C(=O)O)[C@H]2c2cc(NC(C)=O)ccc2S(=O)(=O)C(C)C)ccc1OC(C)C.O=C(O)C(F)(F)F. The zero-order valence-corrected chi connectivity index (χ0v) is 33.8. The van der Waals surface area contributed by atoms with Gasteiger partial charge < -0.3 is 41.0 Å². The van der Waals surface area contributed by atoms with Gasteiger partial charge >= 0.3 is 18.1 Å². The predicted molar refractivity (Wildman–Crippen MR) is 213 cm³/mol. The number of amides is 2. The molecule has 1 saturated heterocycles. The molecule has 1 aliphatic rings. The zero-order chi connectivity index (χ0) is 44.0. The molecule has 1 fully saturated rings. The quantitative estimate of drug-likeness (QED) is 0.0957.